The Labute approximate surface area is 127 Å². The Morgan fingerprint density at radius 1 is 0.900 bits per heavy atom. The molecule has 0 aliphatic rings. The molecule has 1 heterocycles. The van der Waals surface area contributed by atoms with E-state index in [1.165, 1.54) is 6.07 Å². The lowest BCUT2D eigenvalue weighted by atomic mass is 9.95. The van der Waals surface area contributed by atoms with Crippen molar-refractivity contribution in [3.63, 3.8) is 0 Å². The molecule has 0 aliphatic heterocycles. The highest BCUT2D eigenvalue weighted by Gasteiger charge is 2.10. The van der Waals surface area contributed by atoms with Gasteiger partial charge in [-0.3, -0.25) is 4.98 Å². The monoisotopic (exact) mass is 264 g/mol. The minimum atomic E-state index is -2.77. The summed E-state index contributed by atoms with van der Waals surface area (Å²) in [4.78, 5) is 4.43. The van der Waals surface area contributed by atoms with Crippen molar-refractivity contribution in [2.24, 2.45) is 0 Å². The summed E-state index contributed by atoms with van der Waals surface area (Å²) in [6, 6.07) is 20.0. The summed E-state index contributed by atoms with van der Waals surface area (Å²) in [6.45, 7) is -2.77. The van der Waals surface area contributed by atoms with E-state index < -0.39 is 13.2 Å². The van der Waals surface area contributed by atoms with Crippen LogP contribution in [0.3, 0.4) is 0 Å². The normalized spacial score (nSPS) is 15.5. The Morgan fingerprint density at radius 3 is 2.50 bits per heavy atom. The summed E-state index contributed by atoms with van der Waals surface area (Å²) < 4.78 is 39.1. The molecule has 3 rings (SSSR count). The quantitative estimate of drug-likeness (QED) is 0.650. The second-order valence-corrected chi connectivity index (χ2v) is 4.44. The zero-order valence-corrected chi connectivity index (χ0v) is 10.9. The molecule has 0 unspecified atom stereocenters. The van der Waals surface area contributed by atoms with Crippen molar-refractivity contribution < 1.29 is 6.85 Å². The zero-order valence-electron chi connectivity index (χ0n) is 15.9. The Hall–Kier alpha value is -2.41. The van der Waals surface area contributed by atoms with E-state index in [-0.39, 0.29) is 5.56 Å². The van der Waals surface area contributed by atoms with Crippen LogP contribution < -0.4 is 0 Å². The van der Waals surface area contributed by atoms with Crippen molar-refractivity contribution in [1.82, 2.24) is 4.98 Å². The fourth-order valence-corrected chi connectivity index (χ4v) is 2.27. The number of aryl methyl sites for hydroxylation is 1. The smallest absolute Gasteiger partial charge is 0.0783 e. The van der Waals surface area contributed by atoms with Crippen molar-refractivity contribution in [3.05, 3.63) is 78.5 Å². The molecule has 0 amide bonds. The number of hydrogen-bond acceptors (Lipinski definition) is 1. The van der Waals surface area contributed by atoms with E-state index in [0.717, 1.165) is 11.1 Å². The van der Waals surface area contributed by atoms with E-state index in [1.54, 1.807) is 24.4 Å². The number of nitrogens with zero attached hydrogens (tertiary/aromatic N) is 1. The van der Waals surface area contributed by atoms with Gasteiger partial charge in [-0.25, -0.2) is 0 Å². The lowest BCUT2D eigenvalue weighted by Gasteiger charge is -2.12. The molecule has 0 aliphatic carbocycles. The molecule has 3 aromatic rings. The Bertz CT molecular complexity index is 872. The van der Waals surface area contributed by atoms with Crippen molar-refractivity contribution in [2.45, 2.75) is 13.2 Å². The molecule has 0 spiro atoms. The van der Waals surface area contributed by atoms with Crippen LogP contribution in [0.15, 0.2) is 72.9 Å². The Morgan fingerprint density at radius 2 is 1.65 bits per heavy atom. The largest absolute Gasteiger partial charge is 0.256 e. The molecule has 1 nitrogen and oxygen atoms in total. The van der Waals surface area contributed by atoms with Gasteiger partial charge < -0.3 is 0 Å². The van der Waals surface area contributed by atoms with Crippen molar-refractivity contribution in [1.29, 1.82) is 0 Å². The maximum Gasteiger partial charge on any atom is 0.0783 e. The molecule has 1 heteroatoms. The lowest BCUT2D eigenvalue weighted by Crippen LogP contribution is -1.93. The summed E-state index contributed by atoms with van der Waals surface area (Å²) in [7, 11) is 0. The van der Waals surface area contributed by atoms with E-state index in [2.05, 4.69) is 4.98 Å². The van der Waals surface area contributed by atoms with Crippen LogP contribution in [0.1, 0.15) is 19.3 Å². The molecular weight excluding hydrogens is 242 g/mol. The molecule has 0 N–H and O–H groups in total. The molecular formula is C19H17N. The third kappa shape index (κ3) is 2.35. The minimum absolute atomic E-state index is 0.117. The molecule has 1 aromatic heterocycles. The first-order valence-corrected chi connectivity index (χ1v) is 6.43. The molecule has 20 heavy (non-hydrogen) atoms. The zero-order chi connectivity index (χ0) is 18.1. The van der Waals surface area contributed by atoms with Gasteiger partial charge in [-0.1, -0.05) is 67.5 Å². The third-order valence-corrected chi connectivity index (χ3v) is 3.21. The number of hydrogen-bond donors (Lipinski definition) is 0. The molecule has 0 saturated heterocycles. The SMILES string of the molecule is [2H]C([2H])([2H])C([2H])([2H])c1ccccc1-c1ncccc1-c1ccccc1. The summed E-state index contributed by atoms with van der Waals surface area (Å²) >= 11 is 0. The Balaban J connectivity index is 2.24. The van der Waals surface area contributed by atoms with Gasteiger partial charge in [0, 0.05) is 24.2 Å². The highest BCUT2D eigenvalue weighted by molar-refractivity contribution is 5.81. The first-order chi connectivity index (χ1) is 11.8. The van der Waals surface area contributed by atoms with Crippen LogP contribution in [0, 0.1) is 0 Å². The van der Waals surface area contributed by atoms with Gasteiger partial charge in [0.25, 0.3) is 0 Å². The summed E-state index contributed by atoms with van der Waals surface area (Å²) in [5.41, 5.74) is 2.94. The van der Waals surface area contributed by atoms with E-state index in [9.17, 15) is 0 Å². The summed E-state index contributed by atoms with van der Waals surface area (Å²) in [5.74, 6) is 0. The van der Waals surface area contributed by atoms with E-state index in [4.69, 9.17) is 6.85 Å². The fourth-order valence-electron chi connectivity index (χ4n) is 2.27. The predicted molar refractivity (Wildman–Crippen MR) is 84.5 cm³/mol. The second-order valence-electron chi connectivity index (χ2n) is 4.44. The topological polar surface area (TPSA) is 12.9 Å². The van der Waals surface area contributed by atoms with Crippen molar-refractivity contribution in [2.75, 3.05) is 0 Å². The molecule has 2 aromatic carbocycles. The maximum atomic E-state index is 8.16. The van der Waals surface area contributed by atoms with E-state index in [1.807, 2.05) is 42.5 Å². The van der Waals surface area contributed by atoms with Gasteiger partial charge in [-0.2, -0.15) is 0 Å². The molecule has 0 saturated carbocycles. The molecule has 98 valence electrons. The summed E-state index contributed by atoms with van der Waals surface area (Å²) in [6.07, 6.45) is -0.849. The standard InChI is InChI=1S/C19H17N/c1-2-15-9-6-7-12-17(15)19-18(13-8-14-20-19)16-10-4-3-5-11-16/h3-14H,2H2,1H3/i1D3,2D2. The van der Waals surface area contributed by atoms with E-state index >= 15 is 0 Å². The average Bonchev–Trinajstić information content (AvgIpc) is 2.61. The first kappa shape index (κ1) is 8.01. The number of aromatic nitrogens is 1. The van der Waals surface area contributed by atoms with Gasteiger partial charge in [0.2, 0.25) is 0 Å². The van der Waals surface area contributed by atoms with Crippen molar-refractivity contribution in [3.8, 4) is 22.4 Å². The van der Waals surface area contributed by atoms with Crippen LogP contribution >= 0.6 is 0 Å². The maximum absolute atomic E-state index is 8.16. The summed E-state index contributed by atoms with van der Waals surface area (Å²) in [5, 5.41) is 0. The highest BCUT2D eigenvalue weighted by Crippen LogP contribution is 2.32. The van der Waals surface area contributed by atoms with Gasteiger partial charge in [-0.05, 0) is 23.6 Å². The molecule has 0 radical (unpaired) electrons. The van der Waals surface area contributed by atoms with Crippen LogP contribution in [0.4, 0.5) is 0 Å². The first-order valence-electron chi connectivity index (χ1n) is 8.93. The minimum Gasteiger partial charge on any atom is -0.256 e. The lowest BCUT2D eigenvalue weighted by molar-refractivity contribution is 1.13. The van der Waals surface area contributed by atoms with Gasteiger partial charge in [0.05, 0.1) is 5.69 Å². The van der Waals surface area contributed by atoms with Crippen LogP contribution in [-0.4, -0.2) is 4.98 Å². The van der Waals surface area contributed by atoms with Gasteiger partial charge in [0.15, 0.2) is 0 Å². The average molecular weight is 264 g/mol. The molecule has 0 bridgehead atoms. The van der Waals surface area contributed by atoms with Crippen LogP contribution in [0.2, 0.25) is 0 Å². The van der Waals surface area contributed by atoms with Crippen LogP contribution in [0.25, 0.3) is 22.4 Å². The van der Waals surface area contributed by atoms with Crippen molar-refractivity contribution >= 4 is 0 Å². The predicted octanol–water partition coefficient (Wildman–Crippen LogP) is 4.98. The number of rotatable bonds is 3. The van der Waals surface area contributed by atoms with Gasteiger partial charge >= 0.3 is 0 Å². The number of pyridine rings is 1. The molecule has 0 atom stereocenters. The molecule has 0 fully saturated rings. The number of benzene rings is 2. The van der Waals surface area contributed by atoms with Gasteiger partial charge in [0.1, 0.15) is 0 Å². The highest BCUT2D eigenvalue weighted by atomic mass is 14.7. The second kappa shape index (κ2) is 5.70. The fraction of sp³-hybridized carbons (Fsp3) is 0.105. The Kier molecular flexibility index (Phi) is 2.28. The van der Waals surface area contributed by atoms with Crippen LogP contribution in [-0.2, 0) is 6.37 Å². The van der Waals surface area contributed by atoms with Gasteiger partial charge in [-0.15, -0.1) is 0 Å². The van der Waals surface area contributed by atoms with Crippen LogP contribution in [0.5, 0.6) is 0 Å². The third-order valence-electron chi connectivity index (χ3n) is 3.21. The van der Waals surface area contributed by atoms with E-state index in [0.29, 0.717) is 11.3 Å².